The Morgan fingerprint density at radius 2 is 2.21 bits per heavy atom. The van der Waals surface area contributed by atoms with Crippen LogP contribution in [0.15, 0.2) is 0 Å². The first-order valence-electron chi connectivity index (χ1n) is 5.13. The predicted octanol–water partition coefficient (Wildman–Crippen LogP) is 0.551. The van der Waals surface area contributed by atoms with Crippen LogP contribution < -0.4 is 5.73 Å². The fraction of sp³-hybridized carbons (Fsp3) is 0.900. The maximum Gasteiger partial charge on any atom is 0.309 e. The van der Waals surface area contributed by atoms with Gasteiger partial charge in [-0.2, -0.15) is 0 Å². The van der Waals surface area contributed by atoms with E-state index in [-0.39, 0.29) is 11.9 Å². The number of hydrogen-bond acceptors (Lipinski definition) is 4. The van der Waals surface area contributed by atoms with E-state index in [0.29, 0.717) is 12.5 Å². The average Bonchev–Trinajstić information content (AvgIpc) is 2.26. The van der Waals surface area contributed by atoms with Crippen LogP contribution >= 0.6 is 0 Å². The van der Waals surface area contributed by atoms with E-state index in [1.807, 2.05) is 0 Å². The fourth-order valence-corrected chi connectivity index (χ4v) is 1.84. The lowest BCUT2D eigenvalue weighted by Gasteiger charge is -2.24. The summed E-state index contributed by atoms with van der Waals surface area (Å²) in [6.07, 6.45) is 2.91. The van der Waals surface area contributed by atoms with E-state index in [1.54, 1.807) is 0 Å². The Labute approximate surface area is 84.7 Å². The van der Waals surface area contributed by atoms with Crippen LogP contribution in [-0.4, -0.2) is 32.8 Å². The van der Waals surface area contributed by atoms with Crippen molar-refractivity contribution >= 4 is 5.97 Å². The van der Waals surface area contributed by atoms with E-state index >= 15 is 0 Å². The molecule has 1 heterocycles. The van der Waals surface area contributed by atoms with Crippen molar-refractivity contribution in [3.8, 4) is 0 Å². The van der Waals surface area contributed by atoms with Crippen LogP contribution in [0.25, 0.3) is 0 Å². The molecule has 0 unspecified atom stereocenters. The maximum atomic E-state index is 11.3. The second kappa shape index (κ2) is 5.98. The minimum absolute atomic E-state index is 0.136. The SMILES string of the molecule is COC(=O)[C@H](CN)CC1CCOCC1. The maximum absolute atomic E-state index is 11.3. The summed E-state index contributed by atoms with van der Waals surface area (Å²) >= 11 is 0. The smallest absolute Gasteiger partial charge is 0.309 e. The third-order valence-corrected chi connectivity index (χ3v) is 2.78. The highest BCUT2D eigenvalue weighted by Crippen LogP contribution is 2.23. The Hall–Kier alpha value is -0.610. The second-order valence-electron chi connectivity index (χ2n) is 3.75. The van der Waals surface area contributed by atoms with Crippen molar-refractivity contribution in [2.75, 3.05) is 26.9 Å². The number of methoxy groups -OCH3 is 1. The van der Waals surface area contributed by atoms with E-state index in [0.717, 1.165) is 32.5 Å². The van der Waals surface area contributed by atoms with Crippen LogP contribution in [0.1, 0.15) is 19.3 Å². The third kappa shape index (κ3) is 3.27. The summed E-state index contributed by atoms with van der Waals surface area (Å²) in [5.74, 6) is 0.249. The summed E-state index contributed by atoms with van der Waals surface area (Å²) in [7, 11) is 1.41. The van der Waals surface area contributed by atoms with Crippen molar-refractivity contribution in [3.63, 3.8) is 0 Å². The van der Waals surface area contributed by atoms with E-state index in [1.165, 1.54) is 7.11 Å². The highest BCUT2D eigenvalue weighted by molar-refractivity contribution is 5.72. The molecule has 14 heavy (non-hydrogen) atoms. The van der Waals surface area contributed by atoms with Crippen molar-refractivity contribution in [2.24, 2.45) is 17.6 Å². The number of nitrogens with two attached hydrogens (primary N) is 1. The number of hydrogen-bond donors (Lipinski definition) is 1. The molecule has 82 valence electrons. The molecule has 0 amide bonds. The van der Waals surface area contributed by atoms with Gasteiger partial charge >= 0.3 is 5.97 Å². The third-order valence-electron chi connectivity index (χ3n) is 2.78. The van der Waals surface area contributed by atoms with Gasteiger partial charge in [-0.3, -0.25) is 4.79 Å². The molecular weight excluding hydrogens is 182 g/mol. The Morgan fingerprint density at radius 1 is 1.57 bits per heavy atom. The molecule has 1 aliphatic rings. The van der Waals surface area contributed by atoms with Gasteiger partial charge in [-0.15, -0.1) is 0 Å². The van der Waals surface area contributed by atoms with Crippen LogP contribution in [0.3, 0.4) is 0 Å². The van der Waals surface area contributed by atoms with Crippen LogP contribution in [0.2, 0.25) is 0 Å². The minimum atomic E-state index is -0.181. The van der Waals surface area contributed by atoms with Gasteiger partial charge in [0.25, 0.3) is 0 Å². The van der Waals surface area contributed by atoms with Crippen LogP contribution in [-0.2, 0) is 14.3 Å². The summed E-state index contributed by atoms with van der Waals surface area (Å²) in [6.45, 7) is 2.00. The summed E-state index contributed by atoms with van der Waals surface area (Å²) < 4.78 is 9.95. The summed E-state index contributed by atoms with van der Waals surface area (Å²) in [5.41, 5.74) is 5.53. The highest BCUT2D eigenvalue weighted by Gasteiger charge is 2.23. The lowest BCUT2D eigenvalue weighted by molar-refractivity contribution is -0.146. The molecule has 0 saturated carbocycles. The normalized spacial score (nSPS) is 20.4. The fourth-order valence-electron chi connectivity index (χ4n) is 1.84. The molecule has 1 atom stereocenters. The zero-order valence-electron chi connectivity index (χ0n) is 8.70. The van der Waals surface area contributed by atoms with Gasteiger partial charge in [0.1, 0.15) is 0 Å². The lowest BCUT2D eigenvalue weighted by atomic mass is 9.89. The van der Waals surface area contributed by atoms with Gasteiger partial charge in [0, 0.05) is 19.8 Å². The monoisotopic (exact) mass is 201 g/mol. The van der Waals surface area contributed by atoms with E-state index in [9.17, 15) is 4.79 Å². The minimum Gasteiger partial charge on any atom is -0.469 e. The number of carbonyl (C=O) groups excluding carboxylic acids is 1. The van der Waals surface area contributed by atoms with Gasteiger partial charge < -0.3 is 15.2 Å². The summed E-state index contributed by atoms with van der Waals surface area (Å²) in [5, 5.41) is 0. The molecule has 2 N–H and O–H groups in total. The molecule has 0 aliphatic carbocycles. The molecule has 4 nitrogen and oxygen atoms in total. The molecule has 1 saturated heterocycles. The number of esters is 1. The summed E-state index contributed by atoms with van der Waals surface area (Å²) in [4.78, 5) is 11.3. The zero-order valence-corrected chi connectivity index (χ0v) is 8.70. The van der Waals surface area contributed by atoms with E-state index in [4.69, 9.17) is 15.2 Å². The quantitative estimate of drug-likeness (QED) is 0.675. The van der Waals surface area contributed by atoms with Crippen molar-refractivity contribution in [3.05, 3.63) is 0 Å². The lowest BCUT2D eigenvalue weighted by Crippen LogP contribution is -2.29. The average molecular weight is 201 g/mol. The Morgan fingerprint density at radius 3 is 2.71 bits per heavy atom. The molecule has 0 aromatic rings. The van der Waals surface area contributed by atoms with Gasteiger partial charge in [-0.25, -0.2) is 0 Å². The van der Waals surface area contributed by atoms with E-state index in [2.05, 4.69) is 0 Å². The van der Waals surface area contributed by atoms with Gasteiger partial charge in [-0.05, 0) is 25.2 Å². The van der Waals surface area contributed by atoms with E-state index < -0.39 is 0 Å². The van der Waals surface area contributed by atoms with Crippen molar-refractivity contribution in [1.29, 1.82) is 0 Å². The standard InChI is InChI=1S/C10H19NO3/c1-13-10(12)9(7-11)6-8-2-4-14-5-3-8/h8-9H,2-7,11H2,1H3/t9-/m0/s1. The Bertz CT molecular complexity index is 178. The zero-order chi connectivity index (χ0) is 10.4. The number of rotatable bonds is 4. The van der Waals surface area contributed by atoms with Crippen LogP contribution in [0.4, 0.5) is 0 Å². The van der Waals surface area contributed by atoms with Gasteiger partial charge in [0.15, 0.2) is 0 Å². The molecule has 1 aliphatic heterocycles. The van der Waals surface area contributed by atoms with Gasteiger partial charge in [-0.1, -0.05) is 0 Å². The molecular formula is C10H19NO3. The molecule has 0 aromatic heterocycles. The first-order valence-corrected chi connectivity index (χ1v) is 5.13. The van der Waals surface area contributed by atoms with Crippen molar-refractivity contribution < 1.29 is 14.3 Å². The van der Waals surface area contributed by atoms with Crippen LogP contribution in [0.5, 0.6) is 0 Å². The first-order chi connectivity index (χ1) is 6.77. The highest BCUT2D eigenvalue weighted by atomic mass is 16.5. The number of ether oxygens (including phenoxy) is 2. The molecule has 1 rings (SSSR count). The van der Waals surface area contributed by atoms with Gasteiger partial charge in [0.2, 0.25) is 0 Å². The number of carbonyl (C=O) groups is 1. The largest absolute Gasteiger partial charge is 0.469 e. The molecule has 4 heteroatoms. The first kappa shape index (κ1) is 11.5. The summed E-state index contributed by atoms with van der Waals surface area (Å²) in [6, 6.07) is 0. The molecule has 0 spiro atoms. The Kier molecular flexibility index (Phi) is 4.90. The Balaban J connectivity index is 2.34. The van der Waals surface area contributed by atoms with Crippen LogP contribution in [0, 0.1) is 11.8 Å². The topological polar surface area (TPSA) is 61.5 Å². The van der Waals surface area contributed by atoms with Crippen molar-refractivity contribution in [1.82, 2.24) is 0 Å². The molecule has 0 radical (unpaired) electrons. The van der Waals surface area contributed by atoms with Crippen molar-refractivity contribution in [2.45, 2.75) is 19.3 Å². The molecule has 1 fully saturated rings. The molecule has 0 aromatic carbocycles. The predicted molar refractivity (Wildman–Crippen MR) is 52.7 cm³/mol. The van der Waals surface area contributed by atoms with Gasteiger partial charge in [0.05, 0.1) is 13.0 Å². The second-order valence-corrected chi connectivity index (χ2v) is 3.75. The molecule has 0 bridgehead atoms.